The molecule has 5 nitrogen and oxygen atoms in total. The molecule has 0 aliphatic heterocycles. The van der Waals surface area contributed by atoms with Crippen LogP contribution in [0.3, 0.4) is 0 Å². The Bertz CT molecular complexity index is 298. The highest BCUT2D eigenvalue weighted by atomic mass is 16.2. The Morgan fingerprint density at radius 2 is 2.08 bits per heavy atom. The lowest BCUT2D eigenvalue weighted by Crippen LogP contribution is -2.35. The summed E-state index contributed by atoms with van der Waals surface area (Å²) in [6.45, 7) is 0. The summed E-state index contributed by atoms with van der Waals surface area (Å²) in [5, 5.41) is 4.04. The van der Waals surface area contributed by atoms with Gasteiger partial charge in [0.1, 0.15) is 0 Å². The standard InChI is InChI=1S/C8H10N4O/c1-12(11-9)10-8(13)7-5-3-2-4-6-7/h2-6,9H,1H3,(H,10,13). The van der Waals surface area contributed by atoms with Gasteiger partial charge in [-0.05, 0) is 12.1 Å². The van der Waals surface area contributed by atoms with E-state index in [1.807, 2.05) is 6.07 Å². The first-order chi connectivity index (χ1) is 6.24. The number of carbonyl (C=O) groups is 1. The van der Waals surface area contributed by atoms with Crippen molar-refractivity contribution in [2.45, 2.75) is 0 Å². The molecule has 2 N–H and O–H groups in total. The van der Waals surface area contributed by atoms with Gasteiger partial charge in [0.15, 0.2) is 0 Å². The minimum absolute atomic E-state index is 0.279. The lowest BCUT2D eigenvalue weighted by Gasteiger charge is -2.11. The Kier molecular flexibility index (Phi) is 2.97. The summed E-state index contributed by atoms with van der Waals surface area (Å²) in [6.07, 6.45) is 0. The normalized spacial score (nSPS) is 9.00. The fraction of sp³-hybridized carbons (Fsp3) is 0.125. The van der Waals surface area contributed by atoms with Crippen LogP contribution in [-0.4, -0.2) is 18.1 Å². The molecule has 1 amide bonds. The van der Waals surface area contributed by atoms with Crippen molar-refractivity contribution >= 4 is 5.91 Å². The molecule has 0 saturated heterocycles. The third-order valence-electron chi connectivity index (χ3n) is 1.45. The van der Waals surface area contributed by atoms with Gasteiger partial charge in [-0.1, -0.05) is 23.4 Å². The fourth-order valence-electron chi connectivity index (χ4n) is 0.826. The van der Waals surface area contributed by atoms with Crippen LogP contribution in [0, 0.1) is 5.53 Å². The van der Waals surface area contributed by atoms with E-state index >= 15 is 0 Å². The number of benzene rings is 1. The fourth-order valence-corrected chi connectivity index (χ4v) is 0.826. The van der Waals surface area contributed by atoms with Crippen molar-refractivity contribution in [2.75, 3.05) is 7.05 Å². The van der Waals surface area contributed by atoms with Crippen LogP contribution >= 0.6 is 0 Å². The van der Waals surface area contributed by atoms with Gasteiger partial charge >= 0.3 is 0 Å². The SMILES string of the molecule is CN(N=N)NC(=O)c1ccccc1. The Balaban J connectivity index is 2.64. The topological polar surface area (TPSA) is 68.6 Å². The first-order valence-electron chi connectivity index (χ1n) is 3.71. The van der Waals surface area contributed by atoms with Gasteiger partial charge in [0.2, 0.25) is 0 Å². The molecule has 0 saturated carbocycles. The van der Waals surface area contributed by atoms with Crippen LogP contribution in [0.2, 0.25) is 0 Å². The van der Waals surface area contributed by atoms with Crippen molar-refractivity contribution in [3.8, 4) is 0 Å². The summed E-state index contributed by atoms with van der Waals surface area (Å²) in [4.78, 5) is 11.3. The first-order valence-corrected chi connectivity index (χ1v) is 3.71. The Morgan fingerprint density at radius 3 is 2.62 bits per heavy atom. The van der Waals surface area contributed by atoms with E-state index in [1.54, 1.807) is 24.3 Å². The zero-order chi connectivity index (χ0) is 9.68. The lowest BCUT2D eigenvalue weighted by atomic mass is 10.2. The van der Waals surface area contributed by atoms with Crippen LogP contribution in [0.1, 0.15) is 10.4 Å². The zero-order valence-electron chi connectivity index (χ0n) is 7.19. The number of carbonyl (C=O) groups excluding carboxylic acids is 1. The predicted molar refractivity (Wildman–Crippen MR) is 46.8 cm³/mol. The lowest BCUT2D eigenvalue weighted by molar-refractivity contribution is 0.0817. The summed E-state index contributed by atoms with van der Waals surface area (Å²) in [5.74, 6) is -0.279. The van der Waals surface area contributed by atoms with Crippen molar-refractivity contribution < 1.29 is 4.79 Å². The van der Waals surface area contributed by atoms with E-state index < -0.39 is 0 Å². The van der Waals surface area contributed by atoms with Crippen LogP contribution in [-0.2, 0) is 0 Å². The van der Waals surface area contributed by atoms with E-state index in [1.165, 1.54) is 7.05 Å². The molecule has 0 aliphatic carbocycles. The van der Waals surface area contributed by atoms with Gasteiger partial charge in [-0.3, -0.25) is 4.79 Å². The largest absolute Gasteiger partial charge is 0.271 e. The maximum Gasteiger partial charge on any atom is 0.271 e. The van der Waals surface area contributed by atoms with E-state index in [4.69, 9.17) is 5.53 Å². The summed E-state index contributed by atoms with van der Waals surface area (Å²) < 4.78 is 0. The second kappa shape index (κ2) is 4.20. The van der Waals surface area contributed by atoms with Crippen LogP contribution < -0.4 is 5.43 Å². The second-order valence-electron chi connectivity index (χ2n) is 2.43. The number of rotatable bonds is 3. The maximum absolute atomic E-state index is 11.3. The summed E-state index contributed by atoms with van der Waals surface area (Å²) >= 11 is 0. The average molecular weight is 178 g/mol. The van der Waals surface area contributed by atoms with Gasteiger partial charge in [0.25, 0.3) is 5.91 Å². The Hall–Kier alpha value is -1.91. The monoisotopic (exact) mass is 178 g/mol. The molecule has 0 aliphatic rings. The molecule has 0 heterocycles. The van der Waals surface area contributed by atoms with E-state index in [-0.39, 0.29) is 5.91 Å². The average Bonchev–Trinajstić information content (AvgIpc) is 2.19. The third kappa shape index (κ3) is 2.55. The molecule has 0 unspecified atom stereocenters. The minimum Gasteiger partial charge on any atom is -0.267 e. The molecule has 0 radical (unpaired) electrons. The Labute approximate surface area is 75.8 Å². The number of hydrogen-bond acceptors (Lipinski definition) is 3. The first kappa shape index (κ1) is 9.18. The van der Waals surface area contributed by atoms with Crippen molar-refractivity contribution in [2.24, 2.45) is 5.22 Å². The van der Waals surface area contributed by atoms with Gasteiger partial charge in [-0.25, -0.2) is 5.43 Å². The van der Waals surface area contributed by atoms with Gasteiger partial charge in [0, 0.05) is 12.6 Å². The maximum atomic E-state index is 11.3. The molecule has 0 atom stereocenters. The molecule has 1 rings (SSSR count). The van der Waals surface area contributed by atoms with Crippen molar-refractivity contribution in [3.05, 3.63) is 35.9 Å². The molecule has 5 heteroatoms. The van der Waals surface area contributed by atoms with Crippen molar-refractivity contribution in [3.63, 3.8) is 0 Å². The number of amides is 1. The highest BCUT2D eigenvalue weighted by Crippen LogP contribution is 1.97. The van der Waals surface area contributed by atoms with E-state index in [0.29, 0.717) is 5.56 Å². The number of nitrogens with zero attached hydrogens (tertiary/aromatic N) is 2. The number of hydrogen-bond donors (Lipinski definition) is 2. The van der Waals surface area contributed by atoms with Gasteiger partial charge < -0.3 is 0 Å². The number of hydrazine groups is 1. The molecule has 0 bridgehead atoms. The minimum atomic E-state index is -0.279. The van der Waals surface area contributed by atoms with Gasteiger partial charge in [0.05, 0.1) is 0 Å². The molecule has 1 aromatic carbocycles. The molecule has 68 valence electrons. The molecule has 1 aromatic rings. The van der Waals surface area contributed by atoms with Crippen LogP contribution in [0.15, 0.2) is 35.6 Å². The van der Waals surface area contributed by atoms with Crippen molar-refractivity contribution in [1.29, 1.82) is 5.53 Å². The molecule has 0 aromatic heterocycles. The third-order valence-corrected chi connectivity index (χ3v) is 1.45. The smallest absolute Gasteiger partial charge is 0.267 e. The van der Waals surface area contributed by atoms with Crippen LogP contribution in [0.4, 0.5) is 0 Å². The quantitative estimate of drug-likeness (QED) is 0.539. The zero-order valence-corrected chi connectivity index (χ0v) is 7.19. The second-order valence-corrected chi connectivity index (χ2v) is 2.43. The van der Waals surface area contributed by atoms with Crippen LogP contribution in [0.5, 0.6) is 0 Å². The van der Waals surface area contributed by atoms with Gasteiger partial charge in [-0.2, -0.15) is 10.6 Å². The highest BCUT2D eigenvalue weighted by Gasteiger charge is 2.04. The van der Waals surface area contributed by atoms with Crippen LogP contribution in [0.25, 0.3) is 0 Å². The molecule has 0 spiro atoms. The molecular formula is C8H10N4O. The highest BCUT2D eigenvalue weighted by molar-refractivity contribution is 5.93. The van der Waals surface area contributed by atoms with Crippen molar-refractivity contribution in [1.82, 2.24) is 10.5 Å². The predicted octanol–water partition coefficient (Wildman–Crippen LogP) is 1.21. The van der Waals surface area contributed by atoms with E-state index in [9.17, 15) is 4.79 Å². The summed E-state index contributed by atoms with van der Waals surface area (Å²) in [7, 11) is 1.48. The summed E-state index contributed by atoms with van der Waals surface area (Å²) in [5.41, 5.74) is 9.53. The molecule has 13 heavy (non-hydrogen) atoms. The van der Waals surface area contributed by atoms with Gasteiger partial charge in [-0.15, -0.1) is 0 Å². The number of nitrogens with one attached hydrogen (secondary N) is 2. The molecule has 0 fully saturated rings. The van der Waals surface area contributed by atoms with E-state index in [0.717, 1.165) is 5.12 Å². The Morgan fingerprint density at radius 1 is 1.46 bits per heavy atom. The van der Waals surface area contributed by atoms with E-state index in [2.05, 4.69) is 10.6 Å². The molecular weight excluding hydrogens is 168 g/mol. The summed E-state index contributed by atoms with van der Waals surface area (Å²) in [6, 6.07) is 8.75.